The molecule has 0 aliphatic carbocycles. The molecule has 1 aromatic carbocycles. The highest BCUT2D eigenvalue weighted by molar-refractivity contribution is 9.10. The first-order valence-corrected chi connectivity index (χ1v) is 7.68. The summed E-state index contributed by atoms with van der Waals surface area (Å²) >= 11 is 3.09. The van der Waals surface area contributed by atoms with E-state index >= 15 is 0 Å². The van der Waals surface area contributed by atoms with E-state index in [1.54, 1.807) is 4.57 Å². The zero-order chi connectivity index (χ0) is 15.6. The van der Waals surface area contributed by atoms with Crippen molar-refractivity contribution in [2.24, 2.45) is 5.92 Å². The third kappa shape index (κ3) is 3.52. The van der Waals surface area contributed by atoms with Crippen LogP contribution in [0, 0.1) is 17.6 Å². The molecule has 0 spiro atoms. The van der Waals surface area contributed by atoms with Gasteiger partial charge >= 0.3 is 0 Å². The molecule has 2 rings (SSSR count). The maximum absolute atomic E-state index is 14.0. The van der Waals surface area contributed by atoms with Gasteiger partial charge in [-0.2, -0.15) is 0 Å². The molecule has 2 aromatic rings. The SMILES string of the molecule is CNC(c1ccn(Cc2c(F)ccc(Br)c2F)c1)C(C)C. The Morgan fingerprint density at radius 2 is 1.95 bits per heavy atom. The first-order chi connectivity index (χ1) is 9.93. The summed E-state index contributed by atoms with van der Waals surface area (Å²) in [6.07, 6.45) is 3.78. The van der Waals surface area contributed by atoms with Gasteiger partial charge in [0.2, 0.25) is 0 Å². The van der Waals surface area contributed by atoms with Crippen LogP contribution in [0.25, 0.3) is 0 Å². The smallest absolute Gasteiger partial charge is 0.145 e. The Morgan fingerprint density at radius 1 is 1.24 bits per heavy atom. The summed E-state index contributed by atoms with van der Waals surface area (Å²) in [6.45, 7) is 4.43. The molecule has 0 bridgehead atoms. The summed E-state index contributed by atoms with van der Waals surface area (Å²) in [7, 11) is 1.91. The molecule has 5 heteroatoms. The van der Waals surface area contributed by atoms with Crippen LogP contribution in [0.1, 0.15) is 31.0 Å². The minimum atomic E-state index is -0.542. The van der Waals surface area contributed by atoms with Crippen molar-refractivity contribution >= 4 is 15.9 Å². The van der Waals surface area contributed by atoms with E-state index in [-0.39, 0.29) is 22.6 Å². The summed E-state index contributed by atoms with van der Waals surface area (Å²) in [5.74, 6) is -0.635. The van der Waals surface area contributed by atoms with Gasteiger partial charge in [-0.25, -0.2) is 8.78 Å². The lowest BCUT2D eigenvalue weighted by atomic mass is 9.99. The van der Waals surface area contributed by atoms with Crippen LogP contribution in [0.15, 0.2) is 35.1 Å². The fourth-order valence-electron chi connectivity index (χ4n) is 2.52. The van der Waals surface area contributed by atoms with Crippen LogP contribution in [-0.2, 0) is 6.54 Å². The van der Waals surface area contributed by atoms with E-state index in [1.165, 1.54) is 12.1 Å². The fourth-order valence-corrected chi connectivity index (χ4v) is 2.89. The van der Waals surface area contributed by atoms with Crippen molar-refractivity contribution in [3.8, 4) is 0 Å². The van der Waals surface area contributed by atoms with Crippen LogP contribution in [0.4, 0.5) is 8.78 Å². The highest BCUT2D eigenvalue weighted by Gasteiger charge is 2.16. The lowest BCUT2D eigenvalue weighted by molar-refractivity contribution is 0.442. The summed E-state index contributed by atoms with van der Waals surface area (Å²) in [5.41, 5.74) is 1.18. The zero-order valence-electron chi connectivity index (χ0n) is 12.3. The molecule has 0 radical (unpaired) electrons. The number of hydrogen-bond donors (Lipinski definition) is 1. The summed E-state index contributed by atoms with van der Waals surface area (Å²) in [5, 5.41) is 3.26. The molecule has 21 heavy (non-hydrogen) atoms. The average Bonchev–Trinajstić information content (AvgIpc) is 2.88. The van der Waals surface area contributed by atoms with Crippen molar-refractivity contribution < 1.29 is 8.78 Å². The molecule has 1 unspecified atom stereocenters. The van der Waals surface area contributed by atoms with Gasteiger partial charge in [0, 0.05) is 24.0 Å². The van der Waals surface area contributed by atoms with Crippen molar-refractivity contribution in [1.29, 1.82) is 0 Å². The number of aromatic nitrogens is 1. The standard InChI is InChI=1S/C16H19BrF2N2/c1-10(2)16(20-3)11-6-7-21(8-11)9-12-14(18)5-4-13(17)15(12)19/h4-8,10,16,20H,9H2,1-3H3. The second-order valence-corrected chi connectivity index (χ2v) is 6.30. The second kappa shape index (κ2) is 6.71. The van der Waals surface area contributed by atoms with Gasteiger partial charge in [0.05, 0.1) is 11.0 Å². The largest absolute Gasteiger partial charge is 0.349 e. The lowest BCUT2D eigenvalue weighted by Gasteiger charge is -2.18. The van der Waals surface area contributed by atoms with E-state index < -0.39 is 11.6 Å². The summed E-state index contributed by atoms with van der Waals surface area (Å²) in [4.78, 5) is 0. The lowest BCUT2D eigenvalue weighted by Crippen LogP contribution is -2.21. The van der Waals surface area contributed by atoms with E-state index in [9.17, 15) is 8.78 Å². The maximum atomic E-state index is 14.0. The first-order valence-electron chi connectivity index (χ1n) is 6.89. The quantitative estimate of drug-likeness (QED) is 0.780. The zero-order valence-corrected chi connectivity index (χ0v) is 13.9. The predicted molar refractivity (Wildman–Crippen MR) is 84.2 cm³/mol. The van der Waals surface area contributed by atoms with Gasteiger partial charge in [-0.1, -0.05) is 13.8 Å². The number of nitrogens with zero attached hydrogens (tertiary/aromatic N) is 1. The van der Waals surface area contributed by atoms with Gasteiger partial charge < -0.3 is 9.88 Å². The van der Waals surface area contributed by atoms with Crippen molar-refractivity contribution in [3.63, 3.8) is 0 Å². The highest BCUT2D eigenvalue weighted by Crippen LogP contribution is 2.25. The highest BCUT2D eigenvalue weighted by atomic mass is 79.9. The molecule has 1 aromatic heterocycles. The van der Waals surface area contributed by atoms with Gasteiger partial charge in [0.1, 0.15) is 11.6 Å². The van der Waals surface area contributed by atoms with Crippen LogP contribution < -0.4 is 5.32 Å². The van der Waals surface area contributed by atoms with E-state index in [4.69, 9.17) is 0 Å². The Kier molecular flexibility index (Phi) is 5.17. The molecule has 0 aliphatic heterocycles. The Balaban J connectivity index is 2.26. The Morgan fingerprint density at radius 3 is 2.57 bits per heavy atom. The molecule has 0 aliphatic rings. The predicted octanol–water partition coefficient (Wildman–Crippen LogP) is 4.49. The average molecular weight is 357 g/mol. The molecule has 0 saturated carbocycles. The topological polar surface area (TPSA) is 17.0 Å². The number of hydrogen-bond acceptors (Lipinski definition) is 1. The number of rotatable bonds is 5. The van der Waals surface area contributed by atoms with E-state index in [0.29, 0.717) is 5.92 Å². The molecule has 1 heterocycles. The number of benzene rings is 1. The number of halogens is 3. The second-order valence-electron chi connectivity index (χ2n) is 5.45. The van der Waals surface area contributed by atoms with Crippen LogP contribution >= 0.6 is 15.9 Å². The Hall–Kier alpha value is -1.20. The Labute approximate surface area is 132 Å². The van der Waals surface area contributed by atoms with Crippen LogP contribution in [0.3, 0.4) is 0 Å². The minimum Gasteiger partial charge on any atom is -0.349 e. The third-order valence-corrected chi connectivity index (χ3v) is 4.20. The van der Waals surface area contributed by atoms with Crippen molar-refractivity contribution in [2.75, 3.05) is 7.05 Å². The molecule has 1 atom stereocenters. The van der Waals surface area contributed by atoms with Gasteiger partial charge in [-0.05, 0) is 52.7 Å². The first kappa shape index (κ1) is 16.2. The van der Waals surface area contributed by atoms with Crippen LogP contribution in [0.2, 0.25) is 0 Å². The molecule has 1 N–H and O–H groups in total. The molecular weight excluding hydrogens is 338 g/mol. The minimum absolute atomic E-state index is 0.0667. The fraction of sp³-hybridized carbons (Fsp3) is 0.375. The molecule has 114 valence electrons. The Bertz CT molecular complexity index is 623. The van der Waals surface area contributed by atoms with Crippen LogP contribution in [-0.4, -0.2) is 11.6 Å². The molecule has 0 saturated heterocycles. The van der Waals surface area contributed by atoms with Crippen molar-refractivity contribution in [3.05, 3.63) is 57.8 Å². The van der Waals surface area contributed by atoms with E-state index in [0.717, 1.165) is 5.56 Å². The maximum Gasteiger partial charge on any atom is 0.145 e. The van der Waals surface area contributed by atoms with E-state index in [1.807, 2.05) is 25.5 Å². The van der Waals surface area contributed by atoms with Gasteiger partial charge in [-0.3, -0.25) is 0 Å². The summed E-state index contributed by atoms with van der Waals surface area (Å²) < 4.78 is 29.9. The van der Waals surface area contributed by atoms with Crippen molar-refractivity contribution in [2.45, 2.75) is 26.4 Å². The van der Waals surface area contributed by atoms with Gasteiger partial charge in [0.15, 0.2) is 0 Å². The summed E-state index contributed by atoms with van der Waals surface area (Å²) in [6, 6.07) is 4.86. The van der Waals surface area contributed by atoms with Crippen molar-refractivity contribution in [1.82, 2.24) is 9.88 Å². The molecular formula is C16H19BrF2N2. The monoisotopic (exact) mass is 356 g/mol. The van der Waals surface area contributed by atoms with E-state index in [2.05, 4.69) is 35.1 Å². The molecule has 0 fully saturated rings. The van der Waals surface area contributed by atoms with Gasteiger partial charge in [-0.15, -0.1) is 0 Å². The van der Waals surface area contributed by atoms with Crippen LogP contribution in [0.5, 0.6) is 0 Å². The molecule has 2 nitrogen and oxygen atoms in total. The normalized spacial score (nSPS) is 12.9. The number of nitrogens with one attached hydrogen (secondary N) is 1. The molecule has 0 amide bonds. The van der Waals surface area contributed by atoms with Gasteiger partial charge in [0.25, 0.3) is 0 Å². The third-order valence-electron chi connectivity index (χ3n) is 3.59.